The Morgan fingerprint density at radius 1 is 1.05 bits per heavy atom. The van der Waals surface area contributed by atoms with Crippen molar-refractivity contribution < 1.29 is 4.79 Å². The van der Waals surface area contributed by atoms with E-state index in [1.54, 1.807) is 0 Å². The third kappa shape index (κ3) is 1.73. The summed E-state index contributed by atoms with van der Waals surface area (Å²) in [5.74, 6) is 0.219. The van der Waals surface area contributed by atoms with Gasteiger partial charge in [0.25, 0.3) is 0 Å². The minimum atomic E-state index is 0.219. The molecule has 2 nitrogen and oxygen atoms in total. The average molecular weight is 259 g/mol. The van der Waals surface area contributed by atoms with Crippen molar-refractivity contribution >= 4 is 17.4 Å². The monoisotopic (exact) mass is 259 g/mol. The molecule has 0 radical (unpaired) electrons. The maximum atomic E-state index is 12.2. The minimum Gasteiger partial charge on any atom is -0.294 e. The lowest BCUT2D eigenvalue weighted by Crippen LogP contribution is -1.95. The molecule has 1 aromatic heterocycles. The Hall–Kier alpha value is -2.48. The smallest absolute Gasteiger partial charge is 0.167 e. The first-order valence-electron chi connectivity index (χ1n) is 6.79. The fourth-order valence-electron chi connectivity index (χ4n) is 2.97. The molecule has 0 atom stereocenters. The van der Waals surface area contributed by atoms with E-state index in [1.807, 2.05) is 42.6 Å². The van der Waals surface area contributed by atoms with Gasteiger partial charge in [-0.15, -0.1) is 0 Å². The molecular weight excluding hydrogens is 246 g/mol. The highest BCUT2D eigenvalue weighted by molar-refractivity contribution is 6.25. The molecule has 0 spiro atoms. The zero-order valence-electron chi connectivity index (χ0n) is 11.0. The summed E-state index contributed by atoms with van der Waals surface area (Å²) in [5.41, 5.74) is 6.50. The fourth-order valence-corrected chi connectivity index (χ4v) is 2.97. The molecule has 0 aliphatic heterocycles. The third-order valence-electron chi connectivity index (χ3n) is 3.93. The van der Waals surface area contributed by atoms with E-state index in [1.165, 1.54) is 5.57 Å². The van der Waals surface area contributed by atoms with Crippen molar-refractivity contribution in [3.05, 3.63) is 76.6 Å². The van der Waals surface area contributed by atoms with Crippen molar-refractivity contribution in [1.82, 2.24) is 4.98 Å². The number of benzene rings is 1. The number of carbonyl (C=O) groups is 1. The topological polar surface area (TPSA) is 30.0 Å². The van der Waals surface area contributed by atoms with Gasteiger partial charge in [-0.3, -0.25) is 9.78 Å². The number of nitrogens with zero attached hydrogens (tertiary/aromatic N) is 1. The first kappa shape index (κ1) is 11.4. The van der Waals surface area contributed by atoms with Gasteiger partial charge in [0, 0.05) is 24.6 Å². The van der Waals surface area contributed by atoms with Crippen molar-refractivity contribution in [3.8, 4) is 0 Å². The Kier molecular flexibility index (Phi) is 2.43. The Bertz CT molecular complexity index is 784. The van der Waals surface area contributed by atoms with E-state index in [4.69, 9.17) is 0 Å². The van der Waals surface area contributed by atoms with Crippen LogP contribution >= 0.6 is 0 Å². The normalized spacial score (nSPS) is 18.1. The van der Waals surface area contributed by atoms with Crippen LogP contribution in [0, 0.1) is 0 Å². The zero-order valence-corrected chi connectivity index (χ0v) is 11.0. The molecule has 2 aliphatic rings. The van der Waals surface area contributed by atoms with Gasteiger partial charge in [-0.25, -0.2) is 0 Å². The van der Waals surface area contributed by atoms with Gasteiger partial charge in [0.1, 0.15) is 0 Å². The fraction of sp³-hybridized carbons (Fsp3) is 0.111. The number of rotatable bonds is 1. The Morgan fingerprint density at radius 3 is 2.85 bits per heavy atom. The average Bonchev–Trinajstić information content (AvgIpc) is 3.00. The van der Waals surface area contributed by atoms with Crippen LogP contribution in [0.3, 0.4) is 0 Å². The van der Waals surface area contributed by atoms with Crippen LogP contribution in [0.25, 0.3) is 11.6 Å². The van der Waals surface area contributed by atoms with Gasteiger partial charge in [0.15, 0.2) is 5.78 Å². The van der Waals surface area contributed by atoms with Crippen LogP contribution in [0.5, 0.6) is 0 Å². The van der Waals surface area contributed by atoms with Crippen LogP contribution in [0.2, 0.25) is 0 Å². The van der Waals surface area contributed by atoms with Crippen molar-refractivity contribution in [1.29, 1.82) is 0 Å². The quantitative estimate of drug-likeness (QED) is 0.736. The van der Waals surface area contributed by atoms with Crippen LogP contribution < -0.4 is 0 Å². The molecule has 2 heteroatoms. The molecule has 4 rings (SSSR count). The summed E-state index contributed by atoms with van der Waals surface area (Å²) < 4.78 is 0. The molecule has 0 unspecified atom stereocenters. The van der Waals surface area contributed by atoms with Gasteiger partial charge in [-0.05, 0) is 40.5 Å². The standard InChI is InChI=1S/C18H13NO/c20-18-11-13-4-1-2-6-15(13)16(18)9-12-8-14-5-3-7-19-17(14)10-12/h1-9H,10-11H2/b16-9-. The molecule has 2 aliphatic carbocycles. The number of allylic oxidation sites excluding steroid dienone is 3. The van der Waals surface area contributed by atoms with Crippen molar-refractivity contribution in [2.75, 3.05) is 0 Å². The highest BCUT2D eigenvalue weighted by Crippen LogP contribution is 2.32. The molecule has 1 aromatic carbocycles. The lowest BCUT2D eigenvalue weighted by molar-refractivity contribution is -0.112. The van der Waals surface area contributed by atoms with Crippen molar-refractivity contribution in [3.63, 3.8) is 0 Å². The van der Waals surface area contributed by atoms with E-state index in [0.717, 1.165) is 34.4 Å². The van der Waals surface area contributed by atoms with Gasteiger partial charge < -0.3 is 0 Å². The molecule has 0 N–H and O–H groups in total. The Balaban J connectivity index is 1.75. The van der Waals surface area contributed by atoms with E-state index in [2.05, 4.69) is 17.1 Å². The van der Waals surface area contributed by atoms with Gasteiger partial charge in [0.2, 0.25) is 0 Å². The first-order valence-corrected chi connectivity index (χ1v) is 6.79. The molecule has 0 saturated carbocycles. The summed E-state index contributed by atoms with van der Waals surface area (Å²) in [6, 6.07) is 12.1. The molecule has 96 valence electrons. The van der Waals surface area contributed by atoms with E-state index in [-0.39, 0.29) is 5.78 Å². The van der Waals surface area contributed by atoms with Gasteiger partial charge in [-0.2, -0.15) is 0 Å². The SMILES string of the molecule is O=C1Cc2ccccc2/C1=C/C1=Cc2cccnc2C1. The van der Waals surface area contributed by atoms with Crippen LogP contribution in [0.1, 0.15) is 22.4 Å². The molecule has 1 heterocycles. The van der Waals surface area contributed by atoms with E-state index >= 15 is 0 Å². The summed E-state index contributed by atoms with van der Waals surface area (Å²) >= 11 is 0. The van der Waals surface area contributed by atoms with Crippen molar-refractivity contribution in [2.45, 2.75) is 12.8 Å². The number of pyridine rings is 1. The number of ketones is 1. The summed E-state index contributed by atoms with van der Waals surface area (Å²) in [7, 11) is 0. The van der Waals surface area contributed by atoms with Crippen LogP contribution in [0.4, 0.5) is 0 Å². The van der Waals surface area contributed by atoms with E-state index in [9.17, 15) is 4.79 Å². The molecule has 0 fully saturated rings. The second kappa shape index (κ2) is 4.27. The summed E-state index contributed by atoms with van der Waals surface area (Å²) in [5, 5.41) is 0. The molecule has 0 bridgehead atoms. The maximum Gasteiger partial charge on any atom is 0.167 e. The highest BCUT2D eigenvalue weighted by Gasteiger charge is 2.24. The summed E-state index contributed by atoms with van der Waals surface area (Å²) in [6.45, 7) is 0. The number of aromatic nitrogens is 1. The van der Waals surface area contributed by atoms with Gasteiger partial charge in [0.05, 0.1) is 5.69 Å². The number of Topliss-reactive ketones (excluding diaryl/α,β-unsaturated/α-hetero) is 1. The van der Waals surface area contributed by atoms with E-state index in [0.29, 0.717) is 6.42 Å². The number of carbonyl (C=O) groups excluding carboxylic acids is 1. The van der Waals surface area contributed by atoms with Crippen LogP contribution in [0.15, 0.2) is 54.2 Å². The van der Waals surface area contributed by atoms with E-state index < -0.39 is 0 Å². The number of hydrogen-bond acceptors (Lipinski definition) is 2. The minimum absolute atomic E-state index is 0.219. The highest BCUT2D eigenvalue weighted by atomic mass is 16.1. The predicted octanol–water partition coefficient (Wildman–Crippen LogP) is 3.23. The molecule has 20 heavy (non-hydrogen) atoms. The summed E-state index contributed by atoms with van der Waals surface area (Å²) in [6.07, 6.45) is 7.33. The third-order valence-corrected chi connectivity index (χ3v) is 3.93. The number of hydrogen-bond donors (Lipinski definition) is 0. The molecular formula is C18H13NO. The lowest BCUT2D eigenvalue weighted by atomic mass is 10.0. The second-order valence-corrected chi connectivity index (χ2v) is 5.25. The molecule has 0 amide bonds. The van der Waals surface area contributed by atoms with Crippen molar-refractivity contribution in [2.24, 2.45) is 0 Å². The van der Waals surface area contributed by atoms with Gasteiger partial charge in [-0.1, -0.05) is 30.3 Å². The predicted molar refractivity (Wildman–Crippen MR) is 79.0 cm³/mol. The first-order chi connectivity index (χ1) is 9.81. The molecule has 2 aromatic rings. The van der Waals surface area contributed by atoms with Gasteiger partial charge >= 0.3 is 0 Å². The lowest BCUT2D eigenvalue weighted by Gasteiger charge is -2.00. The Labute approximate surface area is 117 Å². The second-order valence-electron chi connectivity index (χ2n) is 5.25. The summed E-state index contributed by atoms with van der Waals surface area (Å²) in [4.78, 5) is 16.6. The molecule has 0 saturated heterocycles. The van der Waals surface area contributed by atoms with Crippen LogP contribution in [-0.2, 0) is 17.6 Å². The van der Waals surface area contributed by atoms with Crippen LogP contribution in [-0.4, -0.2) is 10.8 Å². The largest absolute Gasteiger partial charge is 0.294 e. The number of fused-ring (bicyclic) bond motifs is 2. The maximum absolute atomic E-state index is 12.2. The zero-order chi connectivity index (χ0) is 13.5. The Morgan fingerprint density at radius 2 is 1.95 bits per heavy atom.